The molecular weight excluding hydrogens is 254 g/mol. The maximum atomic E-state index is 4.31. The molecule has 3 nitrogen and oxygen atoms in total. The lowest BCUT2D eigenvalue weighted by molar-refractivity contribution is 0.399. The van der Waals surface area contributed by atoms with Gasteiger partial charge in [0.25, 0.3) is 0 Å². The molecule has 1 aromatic rings. The Morgan fingerprint density at radius 2 is 2.20 bits per heavy atom. The van der Waals surface area contributed by atoms with Gasteiger partial charge < -0.3 is 5.32 Å². The Labute approximate surface area is 100 Å². The summed E-state index contributed by atoms with van der Waals surface area (Å²) in [6.45, 7) is 8.69. The molecule has 1 aromatic heterocycles. The van der Waals surface area contributed by atoms with Crippen molar-refractivity contribution in [3.05, 3.63) is 16.9 Å². The lowest BCUT2D eigenvalue weighted by atomic mass is 10.2. The third-order valence-corrected chi connectivity index (χ3v) is 2.76. The summed E-state index contributed by atoms with van der Waals surface area (Å²) >= 11 is 3.42. The van der Waals surface area contributed by atoms with Gasteiger partial charge in [-0.25, -0.2) is 0 Å². The van der Waals surface area contributed by atoms with E-state index in [0.29, 0.717) is 12.0 Å². The number of hydrogen-bond donors (Lipinski definition) is 1. The van der Waals surface area contributed by atoms with Crippen LogP contribution in [0.2, 0.25) is 0 Å². The lowest BCUT2D eigenvalue weighted by Gasteiger charge is -2.17. The van der Waals surface area contributed by atoms with E-state index in [4.69, 9.17) is 0 Å². The quantitative estimate of drug-likeness (QED) is 0.864. The van der Waals surface area contributed by atoms with Crippen LogP contribution < -0.4 is 5.32 Å². The van der Waals surface area contributed by atoms with Crippen LogP contribution in [0.15, 0.2) is 16.9 Å². The largest absolute Gasteiger partial charge is 0.314 e. The van der Waals surface area contributed by atoms with Crippen molar-refractivity contribution in [1.82, 2.24) is 15.1 Å². The smallest absolute Gasteiger partial charge is 0.0641 e. The molecular formula is C11H20BrN3. The van der Waals surface area contributed by atoms with Gasteiger partial charge in [-0.2, -0.15) is 5.10 Å². The first-order chi connectivity index (χ1) is 7.13. The standard InChI is InChI=1S/C11H20BrN3/c1-4-11(7-13-5-9(2)3)15-8-10(12)6-14-15/h6,8-9,11,13H,4-5,7H2,1-3H3. The molecule has 0 bridgehead atoms. The highest BCUT2D eigenvalue weighted by Gasteiger charge is 2.09. The molecule has 86 valence electrons. The van der Waals surface area contributed by atoms with E-state index >= 15 is 0 Å². The van der Waals surface area contributed by atoms with Crippen LogP contribution in [0.25, 0.3) is 0 Å². The topological polar surface area (TPSA) is 29.9 Å². The van der Waals surface area contributed by atoms with Crippen LogP contribution in [0.5, 0.6) is 0 Å². The van der Waals surface area contributed by atoms with Crippen molar-refractivity contribution < 1.29 is 0 Å². The predicted octanol–water partition coefficient (Wildman–Crippen LogP) is 2.84. The SMILES string of the molecule is CCC(CNCC(C)C)n1cc(Br)cn1. The Balaban J connectivity index is 2.42. The van der Waals surface area contributed by atoms with Gasteiger partial charge in [-0.15, -0.1) is 0 Å². The van der Waals surface area contributed by atoms with Crippen molar-refractivity contribution in [3.63, 3.8) is 0 Å². The zero-order valence-electron chi connectivity index (χ0n) is 9.70. The molecule has 0 radical (unpaired) electrons. The number of hydrogen-bond acceptors (Lipinski definition) is 2. The maximum absolute atomic E-state index is 4.31. The second kappa shape index (κ2) is 6.28. The van der Waals surface area contributed by atoms with Crippen molar-refractivity contribution in [3.8, 4) is 0 Å². The molecule has 1 N–H and O–H groups in total. The molecule has 0 fully saturated rings. The molecule has 4 heteroatoms. The number of rotatable bonds is 6. The van der Waals surface area contributed by atoms with Crippen molar-refractivity contribution in [2.75, 3.05) is 13.1 Å². The highest BCUT2D eigenvalue weighted by Crippen LogP contribution is 2.13. The van der Waals surface area contributed by atoms with Crippen LogP contribution in [0.3, 0.4) is 0 Å². The fourth-order valence-corrected chi connectivity index (χ4v) is 1.78. The number of aromatic nitrogens is 2. The Morgan fingerprint density at radius 3 is 2.67 bits per heavy atom. The number of halogens is 1. The molecule has 0 spiro atoms. The lowest BCUT2D eigenvalue weighted by Crippen LogP contribution is -2.28. The summed E-state index contributed by atoms with van der Waals surface area (Å²) in [6, 6.07) is 0.454. The van der Waals surface area contributed by atoms with E-state index < -0.39 is 0 Å². The highest BCUT2D eigenvalue weighted by molar-refractivity contribution is 9.10. The molecule has 0 aliphatic rings. The van der Waals surface area contributed by atoms with Crippen LogP contribution in [-0.2, 0) is 0 Å². The van der Waals surface area contributed by atoms with E-state index in [9.17, 15) is 0 Å². The number of nitrogens with one attached hydrogen (secondary N) is 1. The summed E-state index contributed by atoms with van der Waals surface area (Å²) < 4.78 is 3.07. The van der Waals surface area contributed by atoms with E-state index in [1.54, 1.807) is 0 Å². The average molecular weight is 274 g/mol. The molecule has 0 aromatic carbocycles. The predicted molar refractivity (Wildman–Crippen MR) is 67.0 cm³/mol. The molecule has 1 rings (SSSR count). The Morgan fingerprint density at radius 1 is 1.47 bits per heavy atom. The van der Waals surface area contributed by atoms with Gasteiger partial charge in [-0.3, -0.25) is 4.68 Å². The Hall–Kier alpha value is -0.350. The van der Waals surface area contributed by atoms with Gasteiger partial charge in [0.2, 0.25) is 0 Å². The minimum absolute atomic E-state index is 0.454. The first-order valence-corrected chi connectivity index (χ1v) is 6.33. The zero-order valence-corrected chi connectivity index (χ0v) is 11.3. The molecule has 1 unspecified atom stereocenters. The van der Waals surface area contributed by atoms with Crippen LogP contribution in [-0.4, -0.2) is 22.9 Å². The molecule has 15 heavy (non-hydrogen) atoms. The first kappa shape index (κ1) is 12.7. The average Bonchev–Trinajstić information content (AvgIpc) is 2.59. The third-order valence-electron chi connectivity index (χ3n) is 2.35. The van der Waals surface area contributed by atoms with Gasteiger partial charge in [-0.1, -0.05) is 20.8 Å². The second-order valence-corrected chi connectivity index (χ2v) is 5.17. The van der Waals surface area contributed by atoms with E-state index in [1.807, 2.05) is 17.1 Å². The maximum Gasteiger partial charge on any atom is 0.0641 e. The van der Waals surface area contributed by atoms with Gasteiger partial charge in [0.15, 0.2) is 0 Å². The monoisotopic (exact) mass is 273 g/mol. The Bertz CT molecular complexity index is 283. The van der Waals surface area contributed by atoms with Crippen LogP contribution in [0, 0.1) is 5.92 Å². The van der Waals surface area contributed by atoms with Crippen molar-refractivity contribution in [2.45, 2.75) is 33.2 Å². The van der Waals surface area contributed by atoms with Crippen LogP contribution in [0.4, 0.5) is 0 Å². The van der Waals surface area contributed by atoms with E-state index in [2.05, 4.69) is 47.1 Å². The summed E-state index contributed by atoms with van der Waals surface area (Å²) in [4.78, 5) is 0. The summed E-state index contributed by atoms with van der Waals surface area (Å²) in [5.74, 6) is 0.701. The summed E-state index contributed by atoms with van der Waals surface area (Å²) in [5.41, 5.74) is 0. The van der Waals surface area contributed by atoms with Crippen LogP contribution in [0.1, 0.15) is 33.2 Å². The molecule has 0 saturated heterocycles. The van der Waals surface area contributed by atoms with Crippen molar-refractivity contribution >= 4 is 15.9 Å². The minimum atomic E-state index is 0.454. The first-order valence-electron chi connectivity index (χ1n) is 5.53. The number of nitrogens with zero attached hydrogens (tertiary/aromatic N) is 2. The van der Waals surface area contributed by atoms with Gasteiger partial charge in [0.1, 0.15) is 0 Å². The zero-order chi connectivity index (χ0) is 11.3. The molecule has 1 heterocycles. The van der Waals surface area contributed by atoms with E-state index in [-0.39, 0.29) is 0 Å². The van der Waals surface area contributed by atoms with Crippen molar-refractivity contribution in [2.24, 2.45) is 5.92 Å². The van der Waals surface area contributed by atoms with Crippen LogP contribution >= 0.6 is 15.9 Å². The molecule has 0 amide bonds. The molecule has 0 aliphatic carbocycles. The molecule has 1 atom stereocenters. The fraction of sp³-hybridized carbons (Fsp3) is 0.727. The van der Waals surface area contributed by atoms with E-state index in [1.165, 1.54) is 0 Å². The van der Waals surface area contributed by atoms with Gasteiger partial charge in [0.05, 0.1) is 16.7 Å². The Kier molecular flexibility index (Phi) is 5.32. The molecule has 0 saturated carbocycles. The van der Waals surface area contributed by atoms with Gasteiger partial charge in [0, 0.05) is 12.7 Å². The minimum Gasteiger partial charge on any atom is -0.314 e. The third kappa shape index (κ3) is 4.34. The van der Waals surface area contributed by atoms with Crippen molar-refractivity contribution in [1.29, 1.82) is 0 Å². The second-order valence-electron chi connectivity index (χ2n) is 4.25. The summed E-state index contributed by atoms with van der Waals surface area (Å²) in [6.07, 6.45) is 4.97. The van der Waals surface area contributed by atoms with Gasteiger partial charge >= 0.3 is 0 Å². The van der Waals surface area contributed by atoms with E-state index in [0.717, 1.165) is 24.0 Å². The normalized spacial score (nSPS) is 13.4. The fourth-order valence-electron chi connectivity index (χ4n) is 1.48. The molecule has 0 aliphatic heterocycles. The van der Waals surface area contributed by atoms with Gasteiger partial charge in [-0.05, 0) is 34.8 Å². The summed E-state index contributed by atoms with van der Waals surface area (Å²) in [5, 5.41) is 7.78. The summed E-state index contributed by atoms with van der Waals surface area (Å²) in [7, 11) is 0. The highest BCUT2D eigenvalue weighted by atomic mass is 79.9.